The van der Waals surface area contributed by atoms with Crippen LogP contribution in [0.2, 0.25) is 0 Å². The van der Waals surface area contributed by atoms with Crippen molar-refractivity contribution in [2.75, 3.05) is 0 Å². The van der Waals surface area contributed by atoms with Crippen LogP contribution in [0.5, 0.6) is 5.75 Å². The molecule has 0 radical (unpaired) electrons. The fourth-order valence-corrected chi connectivity index (χ4v) is 3.20. The van der Waals surface area contributed by atoms with E-state index in [9.17, 15) is 9.90 Å². The number of amidine groups is 1. The van der Waals surface area contributed by atoms with Gasteiger partial charge in [0, 0.05) is 11.8 Å². The number of hydrogen-bond donors (Lipinski definition) is 1. The summed E-state index contributed by atoms with van der Waals surface area (Å²) in [7, 11) is 0. The first-order valence-corrected chi connectivity index (χ1v) is 7.29. The van der Waals surface area contributed by atoms with Gasteiger partial charge in [-0.25, -0.2) is 4.79 Å². The van der Waals surface area contributed by atoms with Crippen LogP contribution in [0.1, 0.15) is 27.7 Å². The van der Waals surface area contributed by atoms with Crippen LogP contribution in [0.25, 0.3) is 0 Å². The summed E-state index contributed by atoms with van der Waals surface area (Å²) in [5.74, 6) is 0.546. The predicted octanol–water partition coefficient (Wildman–Crippen LogP) is 4.07. The smallest absolute Gasteiger partial charge is 0.372 e. The molecule has 0 bridgehead atoms. The standard InChI is InChI=1S/C15H13N3O2S/c1-8-9(2)21-14-13(8)15(20)18(10(3)16-14)17-11-4-6-12(19)7-5-11/h4-7H,1-3H3/p+1. The molecule has 0 unspecified atom stereocenters. The van der Waals surface area contributed by atoms with Crippen LogP contribution >= 0.6 is 11.3 Å². The minimum Gasteiger partial charge on any atom is -0.508 e. The number of amides is 1. The molecule has 0 fully saturated rings. The van der Waals surface area contributed by atoms with E-state index in [-0.39, 0.29) is 11.7 Å². The third-order valence-electron chi connectivity index (χ3n) is 3.41. The molecule has 106 valence electrons. The molecule has 1 aromatic carbocycles. The van der Waals surface area contributed by atoms with Crippen molar-refractivity contribution in [3.05, 3.63) is 40.3 Å². The van der Waals surface area contributed by atoms with Crippen LogP contribution < -0.4 is 0 Å². The highest BCUT2D eigenvalue weighted by Crippen LogP contribution is 2.37. The zero-order chi connectivity index (χ0) is 15.1. The highest BCUT2D eigenvalue weighted by molar-refractivity contribution is 7.16. The van der Waals surface area contributed by atoms with E-state index in [1.807, 2.05) is 13.8 Å². The molecule has 1 aliphatic heterocycles. The van der Waals surface area contributed by atoms with Gasteiger partial charge in [-0.15, -0.1) is 0 Å². The van der Waals surface area contributed by atoms with Gasteiger partial charge >= 0.3 is 11.7 Å². The Bertz CT molecular complexity index is 801. The predicted molar refractivity (Wildman–Crippen MR) is 81.3 cm³/mol. The number of aryl methyl sites for hydroxylation is 1. The van der Waals surface area contributed by atoms with Crippen molar-refractivity contribution >= 4 is 33.8 Å². The van der Waals surface area contributed by atoms with Crippen LogP contribution in [0.4, 0.5) is 10.7 Å². The maximum atomic E-state index is 12.6. The molecular weight excluding hydrogens is 286 g/mol. The summed E-state index contributed by atoms with van der Waals surface area (Å²) >= 11 is 1.52. The Balaban J connectivity index is 2.11. The second-order valence-electron chi connectivity index (χ2n) is 4.86. The normalized spacial score (nSPS) is 16.0. The molecule has 2 aromatic rings. The lowest BCUT2D eigenvalue weighted by Gasteiger charge is -2.05. The van der Waals surface area contributed by atoms with Gasteiger partial charge in [0.05, 0.1) is 0 Å². The van der Waals surface area contributed by atoms with Gasteiger partial charge in [-0.05, 0) is 48.7 Å². The van der Waals surface area contributed by atoms with E-state index in [4.69, 9.17) is 0 Å². The van der Waals surface area contributed by atoms with Gasteiger partial charge in [-0.3, -0.25) is 0 Å². The number of rotatable bonds is 1. The van der Waals surface area contributed by atoms with Gasteiger partial charge in [0.25, 0.3) is 0 Å². The molecule has 1 aliphatic rings. The summed E-state index contributed by atoms with van der Waals surface area (Å²) < 4.78 is 1.31. The van der Waals surface area contributed by atoms with Crippen LogP contribution in [0.15, 0.2) is 34.4 Å². The number of nitrogens with zero attached hydrogens (tertiary/aromatic N) is 3. The van der Waals surface area contributed by atoms with E-state index in [1.54, 1.807) is 19.1 Å². The Hall–Kier alpha value is -2.34. The molecule has 1 aromatic heterocycles. The average molecular weight is 300 g/mol. The number of thiophene rings is 1. The molecule has 1 amide bonds. The molecule has 6 heteroatoms. The number of hydrogen-bond acceptors (Lipinski definition) is 5. The first-order chi connectivity index (χ1) is 9.97. The number of carbonyl (C=O) groups is 1. The second-order valence-corrected chi connectivity index (χ2v) is 6.06. The molecule has 2 heterocycles. The minimum atomic E-state index is -0.160. The van der Waals surface area contributed by atoms with Crippen LogP contribution in [-0.2, 0) is 0 Å². The number of aliphatic imine (C=N–C) groups is 1. The zero-order valence-corrected chi connectivity index (χ0v) is 12.7. The van der Waals surface area contributed by atoms with Crippen molar-refractivity contribution in [3.8, 4) is 5.75 Å². The largest absolute Gasteiger partial charge is 0.508 e. The van der Waals surface area contributed by atoms with Crippen molar-refractivity contribution in [2.45, 2.75) is 20.8 Å². The summed E-state index contributed by atoms with van der Waals surface area (Å²) in [5.41, 5.74) is 2.18. The Kier molecular flexibility index (Phi) is 3.17. The van der Waals surface area contributed by atoms with Gasteiger partial charge in [0.15, 0.2) is 0 Å². The van der Waals surface area contributed by atoms with E-state index in [2.05, 4.69) is 10.1 Å². The van der Waals surface area contributed by atoms with Crippen molar-refractivity contribution in [1.82, 2.24) is 0 Å². The first kappa shape index (κ1) is 13.6. The third-order valence-corrected chi connectivity index (χ3v) is 4.51. The molecule has 0 spiro atoms. The van der Waals surface area contributed by atoms with E-state index in [0.717, 1.165) is 15.4 Å². The fraction of sp³-hybridized carbons (Fsp3) is 0.200. The minimum absolute atomic E-state index is 0.160. The molecule has 0 saturated carbocycles. The first-order valence-electron chi connectivity index (χ1n) is 6.48. The molecule has 5 nitrogen and oxygen atoms in total. The number of aromatic hydroxyl groups is 1. The van der Waals surface area contributed by atoms with E-state index >= 15 is 0 Å². The number of phenols is 1. The molecule has 3 rings (SSSR count). The highest BCUT2D eigenvalue weighted by Gasteiger charge is 2.36. The lowest BCUT2D eigenvalue weighted by atomic mass is 10.1. The maximum Gasteiger partial charge on any atom is 0.372 e. The van der Waals surface area contributed by atoms with Crippen molar-refractivity contribution in [1.29, 1.82) is 0 Å². The Morgan fingerprint density at radius 1 is 1.19 bits per heavy atom. The third kappa shape index (κ3) is 2.27. The van der Waals surface area contributed by atoms with E-state index in [0.29, 0.717) is 17.1 Å². The topological polar surface area (TPSA) is 65.0 Å². The Morgan fingerprint density at radius 3 is 2.52 bits per heavy atom. The molecule has 0 aliphatic carbocycles. The summed E-state index contributed by atoms with van der Waals surface area (Å²) in [6.07, 6.45) is 0. The number of phenolic OH excluding ortho intramolecular Hbond substituents is 1. The number of fused-ring (bicyclic) bond motifs is 1. The molecule has 21 heavy (non-hydrogen) atoms. The van der Waals surface area contributed by atoms with Gasteiger partial charge in [0.2, 0.25) is 5.00 Å². The monoisotopic (exact) mass is 300 g/mol. The van der Waals surface area contributed by atoms with Gasteiger partial charge < -0.3 is 5.11 Å². The molecule has 0 atom stereocenters. The summed E-state index contributed by atoms with van der Waals surface area (Å²) in [4.78, 5) is 18.2. The van der Waals surface area contributed by atoms with Crippen LogP contribution in [-0.4, -0.2) is 21.5 Å². The van der Waals surface area contributed by atoms with E-state index in [1.165, 1.54) is 28.2 Å². The number of azo groups is 2. The zero-order valence-electron chi connectivity index (χ0n) is 11.9. The molecule has 1 N–H and O–H groups in total. The molecule has 0 saturated heterocycles. The number of carbonyl (C=O) groups excluding carboxylic acids is 1. The molecular formula is C15H14N3O2S+. The second kappa shape index (κ2) is 4.89. The van der Waals surface area contributed by atoms with Gasteiger partial charge in [-0.1, -0.05) is 21.1 Å². The summed E-state index contributed by atoms with van der Waals surface area (Å²) in [6, 6.07) is 6.37. The lowest BCUT2D eigenvalue weighted by molar-refractivity contribution is -0.377. The summed E-state index contributed by atoms with van der Waals surface area (Å²) in [6.45, 7) is 5.67. The quantitative estimate of drug-likeness (QED) is 0.807. The van der Waals surface area contributed by atoms with Crippen LogP contribution in [0.3, 0.4) is 0 Å². The van der Waals surface area contributed by atoms with Crippen molar-refractivity contribution in [3.63, 3.8) is 0 Å². The van der Waals surface area contributed by atoms with Crippen molar-refractivity contribution < 1.29 is 14.6 Å². The summed E-state index contributed by atoms with van der Waals surface area (Å²) in [5, 5.41) is 14.4. The van der Waals surface area contributed by atoms with Gasteiger partial charge in [0.1, 0.15) is 17.0 Å². The number of benzene rings is 1. The average Bonchev–Trinajstić information content (AvgIpc) is 2.72. The van der Waals surface area contributed by atoms with Crippen molar-refractivity contribution in [2.24, 2.45) is 10.1 Å². The lowest BCUT2D eigenvalue weighted by Crippen LogP contribution is -2.27. The van der Waals surface area contributed by atoms with Crippen LogP contribution in [0, 0.1) is 13.8 Å². The Labute approximate surface area is 125 Å². The van der Waals surface area contributed by atoms with Gasteiger partial charge in [-0.2, -0.15) is 0 Å². The maximum absolute atomic E-state index is 12.6. The van der Waals surface area contributed by atoms with E-state index < -0.39 is 0 Å². The SMILES string of the molecule is CC1=Nc2sc(C)c(C)c2C(=O)[N+]1=Nc1ccc(O)cc1. The fourth-order valence-electron chi connectivity index (χ4n) is 2.14. The Morgan fingerprint density at radius 2 is 1.86 bits per heavy atom. The highest BCUT2D eigenvalue weighted by atomic mass is 32.1.